The molecule has 1 aromatic rings. The standard InChI is InChI=1S/C17H22N2O3S/c1-9(20)18-15-14(11-6-7-22-16(11)15)19-17(21)12-8-23-13-5-3-2-4-10(12)13/h8,11,14-16H,2-7H2,1H3,(H,18,20)(H,19,21)/t11-,14+,15-,16-/m0/s1. The van der Waals surface area contributed by atoms with Gasteiger partial charge in [-0.3, -0.25) is 9.59 Å². The molecule has 2 fully saturated rings. The molecule has 0 bridgehead atoms. The molecule has 2 heterocycles. The van der Waals surface area contributed by atoms with Crippen molar-refractivity contribution in [2.75, 3.05) is 6.61 Å². The number of nitrogens with one attached hydrogen (secondary N) is 2. The highest BCUT2D eigenvalue weighted by molar-refractivity contribution is 7.10. The Balaban J connectivity index is 1.49. The second kappa shape index (κ2) is 5.91. The molecule has 0 aromatic carbocycles. The van der Waals surface area contributed by atoms with Gasteiger partial charge in [0.2, 0.25) is 5.91 Å². The van der Waals surface area contributed by atoms with E-state index in [2.05, 4.69) is 10.6 Å². The summed E-state index contributed by atoms with van der Waals surface area (Å²) in [7, 11) is 0. The number of fused-ring (bicyclic) bond motifs is 2. The quantitative estimate of drug-likeness (QED) is 0.883. The Morgan fingerprint density at radius 1 is 1.22 bits per heavy atom. The van der Waals surface area contributed by atoms with Crippen molar-refractivity contribution in [3.8, 4) is 0 Å². The van der Waals surface area contributed by atoms with Crippen molar-refractivity contribution in [2.45, 2.75) is 57.2 Å². The van der Waals surface area contributed by atoms with Gasteiger partial charge in [0.1, 0.15) is 0 Å². The molecule has 2 aliphatic carbocycles. The van der Waals surface area contributed by atoms with E-state index in [1.54, 1.807) is 11.3 Å². The summed E-state index contributed by atoms with van der Waals surface area (Å²) in [5.41, 5.74) is 2.09. The van der Waals surface area contributed by atoms with Crippen molar-refractivity contribution < 1.29 is 14.3 Å². The Bertz CT molecular complexity index is 642. The predicted octanol–water partition coefficient (Wildman–Crippen LogP) is 1.65. The maximum atomic E-state index is 12.7. The number of aryl methyl sites for hydroxylation is 1. The number of hydrogen-bond donors (Lipinski definition) is 2. The van der Waals surface area contributed by atoms with Gasteiger partial charge in [-0.05, 0) is 37.7 Å². The number of carbonyl (C=O) groups is 2. The lowest BCUT2D eigenvalue weighted by Gasteiger charge is -2.47. The van der Waals surface area contributed by atoms with Crippen LogP contribution < -0.4 is 10.6 Å². The van der Waals surface area contributed by atoms with Crippen molar-refractivity contribution >= 4 is 23.2 Å². The van der Waals surface area contributed by atoms with Crippen LogP contribution in [0.4, 0.5) is 0 Å². The summed E-state index contributed by atoms with van der Waals surface area (Å²) in [4.78, 5) is 25.5. The summed E-state index contributed by atoms with van der Waals surface area (Å²) >= 11 is 1.71. The van der Waals surface area contributed by atoms with E-state index in [9.17, 15) is 9.59 Å². The summed E-state index contributed by atoms with van der Waals surface area (Å²) in [5.74, 6) is 0.261. The second-order valence-corrected chi connectivity index (χ2v) is 7.74. The van der Waals surface area contributed by atoms with E-state index in [4.69, 9.17) is 4.74 Å². The zero-order valence-electron chi connectivity index (χ0n) is 13.3. The number of amides is 2. The fourth-order valence-corrected chi connectivity index (χ4v) is 5.35. The van der Waals surface area contributed by atoms with Gasteiger partial charge in [-0.25, -0.2) is 0 Å². The Hall–Kier alpha value is -1.40. The summed E-state index contributed by atoms with van der Waals surface area (Å²) in [5, 5.41) is 8.11. The Morgan fingerprint density at radius 2 is 2.04 bits per heavy atom. The third-order valence-electron chi connectivity index (χ3n) is 5.36. The average Bonchev–Trinajstić information content (AvgIpc) is 3.15. The molecule has 124 valence electrons. The van der Waals surface area contributed by atoms with Crippen LogP contribution in [0.25, 0.3) is 0 Å². The molecule has 1 aliphatic heterocycles. The van der Waals surface area contributed by atoms with Crippen molar-refractivity contribution in [3.05, 3.63) is 21.4 Å². The van der Waals surface area contributed by atoms with Gasteiger partial charge >= 0.3 is 0 Å². The number of hydrogen-bond acceptors (Lipinski definition) is 4. The molecule has 0 unspecified atom stereocenters. The minimum absolute atomic E-state index is 0.00935. The van der Waals surface area contributed by atoms with Gasteiger partial charge in [0.05, 0.1) is 23.8 Å². The van der Waals surface area contributed by atoms with E-state index < -0.39 is 0 Å². The van der Waals surface area contributed by atoms with Crippen molar-refractivity contribution in [2.24, 2.45) is 5.92 Å². The summed E-state index contributed by atoms with van der Waals surface area (Å²) < 4.78 is 5.69. The third kappa shape index (κ3) is 2.58. The van der Waals surface area contributed by atoms with Crippen LogP contribution in [0.2, 0.25) is 0 Å². The van der Waals surface area contributed by atoms with Crippen LogP contribution in [0, 0.1) is 5.92 Å². The first kappa shape index (κ1) is 15.1. The van der Waals surface area contributed by atoms with Crippen LogP contribution in [0.5, 0.6) is 0 Å². The zero-order valence-corrected chi connectivity index (χ0v) is 14.1. The van der Waals surface area contributed by atoms with Gasteiger partial charge in [0.15, 0.2) is 0 Å². The fraction of sp³-hybridized carbons (Fsp3) is 0.647. The zero-order chi connectivity index (χ0) is 16.0. The summed E-state index contributed by atoms with van der Waals surface area (Å²) in [6.45, 7) is 2.22. The molecule has 2 N–H and O–H groups in total. The molecule has 5 nitrogen and oxygen atoms in total. The van der Waals surface area contributed by atoms with Gasteiger partial charge < -0.3 is 15.4 Å². The Labute approximate surface area is 139 Å². The molecule has 1 saturated heterocycles. The topological polar surface area (TPSA) is 67.4 Å². The Kier molecular flexibility index (Phi) is 3.89. The first-order chi connectivity index (χ1) is 11.1. The third-order valence-corrected chi connectivity index (χ3v) is 6.45. The molecule has 3 aliphatic rings. The maximum absolute atomic E-state index is 12.7. The van der Waals surface area contributed by atoms with Crippen LogP contribution >= 0.6 is 11.3 Å². The molecule has 4 rings (SSSR count). The van der Waals surface area contributed by atoms with Crippen molar-refractivity contribution in [1.29, 1.82) is 0 Å². The molecule has 4 atom stereocenters. The second-order valence-electron chi connectivity index (χ2n) is 6.77. The predicted molar refractivity (Wildman–Crippen MR) is 87.7 cm³/mol. The molecule has 0 spiro atoms. The molecular formula is C17H22N2O3S. The van der Waals surface area contributed by atoms with Gasteiger partial charge in [-0.15, -0.1) is 11.3 Å². The number of thiophene rings is 1. The van der Waals surface area contributed by atoms with Crippen molar-refractivity contribution in [1.82, 2.24) is 10.6 Å². The van der Waals surface area contributed by atoms with Crippen LogP contribution in [0.15, 0.2) is 5.38 Å². The number of rotatable bonds is 3. The smallest absolute Gasteiger partial charge is 0.252 e. The van der Waals surface area contributed by atoms with Crippen LogP contribution in [0.3, 0.4) is 0 Å². The summed E-state index contributed by atoms with van der Waals surface area (Å²) in [6.07, 6.45) is 5.51. The van der Waals surface area contributed by atoms with E-state index >= 15 is 0 Å². The SMILES string of the molecule is CC(=O)N[C@H]1[C@H](NC(=O)c2csc3c2CCCC3)[C@@H]2CCO[C@@H]21. The molecule has 6 heteroatoms. The lowest BCUT2D eigenvalue weighted by atomic mass is 9.71. The minimum Gasteiger partial charge on any atom is -0.376 e. The number of ether oxygens (including phenoxy) is 1. The first-order valence-corrected chi connectivity index (χ1v) is 9.32. The molecule has 2 amide bonds. The molecule has 1 saturated carbocycles. The highest BCUT2D eigenvalue weighted by atomic mass is 32.1. The maximum Gasteiger partial charge on any atom is 0.252 e. The monoisotopic (exact) mass is 334 g/mol. The highest BCUT2D eigenvalue weighted by Crippen LogP contribution is 2.39. The average molecular weight is 334 g/mol. The van der Waals surface area contributed by atoms with E-state index in [1.165, 1.54) is 30.2 Å². The Morgan fingerprint density at radius 3 is 2.87 bits per heavy atom. The number of carbonyl (C=O) groups excluding carboxylic acids is 2. The normalized spacial score (nSPS) is 31.7. The summed E-state index contributed by atoms with van der Waals surface area (Å²) in [6, 6.07) is -0.114. The fourth-order valence-electron chi connectivity index (χ4n) is 4.22. The largest absolute Gasteiger partial charge is 0.376 e. The van der Waals surface area contributed by atoms with Gasteiger partial charge in [-0.1, -0.05) is 0 Å². The minimum atomic E-state index is -0.0987. The van der Waals surface area contributed by atoms with Crippen LogP contribution in [0.1, 0.15) is 47.0 Å². The van der Waals surface area contributed by atoms with Crippen LogP contribution in [-0.2, 0) is 22.4 Å². The molecule has 0 radical (unpaired) electrons. The van der Waals surface area contributed by atoms with Gasteiger partial charge in [0, 0.05) is 29.7 Å². The van der Waals surface area contributed by atoms with E-state index in [-0.39, 0.29) is 30.0 Å². The lowest BCUT2D eigenvalue weighted by Crippen LogP contribution is -2.70. The van der Waals surface area contributed by atoms with E-state index in [0.717, 1.165) is 24.8 Å². The van der Waals surface area contributed by atoms with Gasteiger partial charge in [0.25, 0.3) is 5.91 Å². The first-order valence-electron chi connectivity index (χ1n) is 8.44. The van der Waals surface area contributed by atoms with Crippen LogP contribution in [-0.4, -0.2) is 36.6 Å². The molecule has 1 aromatic heterocycles. The van der Waals surface area contributed by atoms with Gasteiger partial charge in [-0.2, -0.15) is 0 Å². The van der Waals surface area contributed by atoms with Crippen molar-refractivity contribution in [3.63, 3.8) is 0 Å². The molecule has 23 heavy (non-hydrogen) atoms. The van der Waals surface area contributed by atoms with E-state index in [1.807, 2.05) is 5.38 Å². The molecular weight excluding hydrogens is 312 g/mol. The highest BCUT2D eigenvalue weighted by Gasteiger charge is 2.55. The lowest BCUT2D eigenvalue weighted by molar-refractivity contribution is -0.123. The van der Waals surface area contributed by atoms with E-state index in [0.29, 0.717) is 12.5 Å².